The largest absolute Gasteiger partial charge is 0.480 e. The van der Waals surface area contributed by atoms with Crippen molar-refractivity contribution in [2.24, 2.45) is 5.73 Å². The fourth-order valence-corrected chi connectivity index (χ4v) is 0.344. The number of carboxylic acid groups (broad SMARTS) is 1. The summed E-state index contributed by atoms with van der Waals surface area (Å²) in [5.74, 6) is -1.23. The van der Waals surface area contributed by atoms with Crippen LogP contribution in [0.25, 0.3) is 0 Å². The van der Waals surface area contributed by atoms with Crippen molar-refractivity contribution in [2.45, 2.75) is 11.1 Å². The molecule has 4 N–H and O–H groups in total. The number of aliphatic hydroxyl groups is 1. The van der Waals surface area contributed by atoms with E-state index >= 15 is 0 Å². The molecular formula is C3H6BrNO3. The van der Waals surface area contributed by atoms with Crippen LogP contribution in [0.15, 0.2) is 0 Å². The Bertz CT molecular complexity index is 94.5. The van der Waals surface area contributed by atoms with Gasteiger partial charge in [-0.3, -0.25) is 4.79 Å². The van der Waals surface area contributed by atoms with Gasteiger partial charge in [-0.2, -0.15) is 0 Å². The standard InChI is InChI=1S/C3H6BrNO3/c4-2(6)1(5)3(7)8/h1-2,6H,5H2,(H,7,8). The summed E-state index contributed by atoms with van der Waals surface area (Å²) in [6.07, 6.45) is 0. The molecule has 4 nitrogen and oxygen atoms in total. The molecule has 0 fully saturated rings. The molecule has 0 aromatic carbocycles. The van der Waals surface area contributed by atoms with Crippen LogP contribution < -0.4 is 5.73 Å². The number of aliphatic carboxylic acids is 1. The Morgan fingerprint density at radius 3 is 2.12 bits per heavy atom. The van der Waals surface area contributed by atoms with Gasteiger partial charge in [-0.1, -0.05) is 15.9 Å². The third-order valence-electron chi connectivity index (χ3n) is 0.581. The molecule has 2 unspecified atom stereocenters. The molecule has 0 saturated heterocycles. The minimum Gasteiger partial charge on any atom is -0.480 e. The van der Waals surface area contributed by atoms with Gasteiger partial charge in [0.2, 0.25) is 0 Å². The zero-order valence-corrected chi connectivity index (χ0v) is 5.50. The highest BCUT2D eigenvalue weighted by molar-refractivity contribution is 9.09. The molecule has 48 valence electrons. The topological polar surface area (TPSA) is 83.6 Å². The first kappa shape index (κ1) is 7.87. The number of carboxylic acids is 1. The summed E-state index contributed by atoms with van der Waals surface area (Å²) in [6.45, 7) is 0. The van der Waals surface area contributed by atoms with Gasteiger partial charge in [0.05, 0.1) is 0 Å². The molecule has 0 aliphatic carbocycles. The molecule has 8 heavy (non-hydrogen) atoms. The van der Waals surface area contributed by atoms with Crippen LogP contribution in [0.1, 0.15) is 0 Å². The Morgan fingerprint density at radius 2 is 2.12 bits per heavy atom. The van der Waals surface area contributed by atoms with Gasteiger partial charge in [0.25, 0.3) is 0 Å². The van der Waals surface area contributed by atoms with Crippen LogP contribution in [-0.4, -0.2) is 27.2 Å². The van der Waals surface area contributed by atoms with Gasteiger partial charge >= 0.3 is 5.97 Å². The zero-order valence-electron chi connectivity index (χ0n) is 3.91. The molecular weight excluding hydrogens is 178 g/mol. The van der Waals surface area contributed by atoms with E-state index in [1.54, 1.807) is 0 Å². The van der Waals surface area contributed by atoms with E-state index in [9.17, 15) is 4.79 Å². The molecule has 0 aromatic heterocycles. The molecule has 2 atom stereocenters. The first-order valence-electron chi connectivity index (χ1n) is 1.86. The van der Waals surface area contributed by atoms with Crippen molar-refractivity contribution in [2.75, 3.05) is 0 Å². The molecule has 0 aliphatic rings. The van der Waals surface area contributed by atoms with Gasteiger partial charge in [-0.05, 0) is 0 Å². The maximum Gasteiger partial charge on any atom is 0.324 e. The summed E-state index contributed by atoms with van der Waals surface area (Å²) in [6, 6.07) is -1.24. The highest BCUT2D eigenvalue weighted by Gasteiger charge is 2.17. The first-order valence-corrected chi connectivity index (χ1v) is 2.78. The summed E-state index contributed by atoms with van der Waals surface area (Å²) in [4.78, 5) is 9.83. The number of rotatable bonds is 2. The van der Waals surface area contributed by atoms with Crippen molar-refractivity contribution in [3.05, 3.63) is 0 Å². The predicted octanol–water partition coefficient (Wildman–Crippen LogP) is -0.888. The average molecular weight is 184 g/mol. The number of carbonyl (C=O) groups is 1. The molecule has 0 aliphatic heterocycles. The molecule has 0 saturated carbocycles. The van der Waals surface area contributed by atoms with Gasteiger partial charge in [0, 0.05) is 0 Å². The zero-order chi connectivity index (χ0) is 6.73. The van der Waals surface area contributed by atoms with Crippen molar-refractivity contribution >= 4 is 21.9 Å². The fraction of sp³-hybridized carbons (Fsp3) is 0.667. The summed E-state index contributed by atoms with van der Waals surface area (Å²) >= 11 is 2.59. The fourth-order valence-electron chi connectivity index (χ4n) is 0.118. The number of hydrogen-bond acceptors (Lipinski definition) is 3. The van der Waals surface area contributed by atoms with Crippen LogP contribution in [0.5, 0.6) is 0 Å². The van der Waals surface area contributed by atoms with Gasteiger partial charge in [-0.15, -0.1) is 0 Å². The van der Waals surface area contributed by atoms with Crippen LogP contribution in [-0.2, 0) is 4.79 Å². The Kier molecular flexibility index (Phi) is 2.96. The second kappa shape index (κ2) is 3.01. The van der Waals surface area contributed by atoms with E-state index in [0.29, 0.717) is 0 Å². The van der Waals surface area contributed by atoms with Crippen LogP contribution in [0.3, 0.4) is 0 Å². The van der Waals surface area contributed by atoms with E-state index in [4.69, 9.17) is 15.9 Å². The van der Waals surface area contributed by atoms with Crippen LogP contribution in [0.4, 0.5) is 0 Å². The third kappa shape index (κ3) is 2.25. The minimum atomic E-state index is -1.24. The smallest absolute Gasteiger partial charge is 0.324 e. The predicted molar refractivity (Wildman–Crippen MR) is 30.5 cm³/mol. The lowest BCUT2D eigenvalue weighted by molar-refractivity contribution is -0.139. The van der Waals surface area contributed by atoms with E-state index in [-0.39, 0.29) is 0 Å². The molecule has 0 heterocycles. The average Bonchev–Trinajstić information content (AvgIpc) is 1.64. The van der Waals surface area contributed by atoms with Gasteiger partial charge in [-0.25, -0.2) is 0 Å². The van der Waals surface area contributed by atoms with E-state index in [1.807, 2.05) is 0 Å². The van der Waals surface area contributed by atoms with Gasteiger partial charge in [0.15, 0.2) is 0 Å². The van der Waals surface area contributed by atoms with Crippen molar-refractivity contribution < 1.29 is 15.0 Å². The number of hydrogen-bond donors (Lipinski definition) is 3. The maximum atomic E-state index is 9.83. The van der Waals surface area contributed by atoms with Crippen LogP contribution in [0.2, 0.25) is 0 Å². The molecule has 0 spiro atoms. The van der Waals surface area contributed by atoms with Crippen molar-refractivity contribution in [1.82, 2.24) is 0 Å². The van der Waals surface area contributed by atoms with E-state index in [2.05, 4.69) is 15.9 Å². The van der Waals surface area contributed by atoms with Crippen LogP contribution in [0, 0.1) is 0 Å². The molecule has 0 amide bonds. The number of alkyl halides is 1. The number of halogens is 1. The molecule has 0 rings (SSSR count). The molecule has 0 radical (unpaired) electrons. The summed E-state index contributed by atoms with van der Waals surface area (Å²) in [5.41, 5.74) is 4.86. The van der Waals surface area contributed by atoms with Gasteiger partial charge < -0.3 is 15.9 Å². The van der Waals surface area contributed by atoms with Crippen molar-refractivity contribution in [3.63, 3.8) is 0 Å². The highest BCUT2D eigenvalue weighted by atomic mass is 79.9. The number of nitrogens with two attached hydrogens (primary N) is 1. The SMILES string of the molecule is NC(C(=O)O)C(O)Br. The monoisotopic (exact) mass is 183 g/mol. The molecule has 5 heteroatoms. The molecule has 0 aromatic rings. The highest BCUT2D eigenvalue weighted by Crippen LogP contribution is 1.97. The van der Waals surface area contributed by atoms with E-state index in [1.165, 1.54) is 0 Å². The Balaban J connectivity index is 3.64. The first-order chi connectivity index (χ1) is 3.55. The van der Waals surface area contributed by atoms with Crippen molar-refractivity contribution in [1.29, 1.82) is 0 Å². The summed E-state index contributed by atoms with van der Waals surface area (Å²) < 4.78 is 0. The number of aliphatic hydroxyl groups excluding tert-OH is 1. The van der Waals surface area contributed by atoms with Crippen LogP contribution >= 0.6 is 15.9 Å². The lowest BCUT2D eigenvalue weighted by Crippen LogP contribution is -2.38. The quantitative estimate of drug-likeness (QED) is 0.486. The minimum absolute atomic E-state index is 1.17. The van der Waals surface area contributed by atoms with E-state index < -0.39 is 17.0 Å². The second-order valence-electron chi connectivity index (χ2n) is 1.24. The van der Waals surface area contributed by atoms with Crippen molar-refractivity contribution in [3.8, 4) is 0 Å². The summed E-state index contributed by atoms with van der Waals surface area (Å²) in [5, 5.41) is 15.3. The summed E-state index contributed by atoms with van der Waals surface area (Å²) in [7, 11) is 0. The lowest BCUT2D eigenvalue weighted by Gasteiger charge is -2.05. The normalized spacial score (nSPS) is 17.4. The van der Waals surface area contributed by atoms with E-state index in [0.717, 1.165) is 0 Å². The Hall–Kier alpha value is -0.130. The van der Waals surface area contributed by atoms with Gasteiger partial charge in [0.1, 0.15) is 11.1 Å². The molecule has 0 bridgehead atoms. The maximum absolute atomic E-state index is 9.83. The second-order valence-corrected chi connectivity index (χ2v) is 2.17. The third-order valence-corrected chi connectivity index (χ3v) is 1.15. The Labute approximate surface area is 54.4 Å². The Morgan fingerprint density at radius 1 is 1.75 bits per heavy atom. The lowest BCUT2D eigenvalue weighted by atomic mass is 10.3.